The van der Waals surface area contributed by atoms with Crippen LogP contribution in [0.25, 0.3) is 22.3 Å². The number of hydrogen-bond donors (Lipinski definition) is 2. The van der Waals surface area contributed by atoms with Crippen molar-refractivity contribution in [2.24, 2.45) is 0 Å². The van der Waals surface area contributed by atoms with Crippen molar-refractivity contribution in [3.8, 4) is 22.3 Å². The molecule has 280 valence electrons. The molecule has 0 spiro atoms. The molecule has 4 aromatic rings. The lowest BCUT2D eigenvalue weighted by molar-refractivity contribution is -1.10. The van der Waals surface area contributed by atoms with Crippen molar-refractivity contribution in [3.05, 3.63) is 114 Å². The van der Waals surface area contributed by atoms with E-state index in [1.165, 1.54) is 51.8 Å². The van der Waals surface area contributed by atoms with Gasteiger partial charge in [0, 0.05) is 23.2 Å². The van der Waals surface area contributed by atoms with Gasteiger partial charge >= 0.3 is 0 Å². The summed E-state index contributed by atoms with van der Waals surface area (Å²) in [6.45, 7) is 17.8. The van der Waals surface area contributed by atoms with Gasteiger partial charge in [-0.2, -0.15) is 9.29 Å². The highest BCUT2D eigenvalue weighted by Gasteiger charge is 2.43. The minimum Gasteiger partial charge on any atom is -0.264 e. The molecule has 1 aliphatic rings. The number of fused-ring (bicyclic) bond motifs is 3. The lowest BCUT2D eigenvalue weighted by atomic mass is 9.68. The molecule has 0 fully saturated rings. The summed E-state index contributed by atoms with van der Waals surface area (Å²) in [7, 11) is 0. The molecule has 2 N–H and O–H groups in total. The maximum atomic E-state index is 10.9. The Morgan fingerprint density at radius 3 is 1.63 bits per heavy atom. The molecule has 3 aromatic carbocycles. The van der Waals surface area contributed by atoms with E-state index in [1.54, 1.807) is 0 Å². The number of hydroxylamine groups is 6. The molecule has 0 aliphatic heterocycles. The summed E-state index contributed by atoms with van der Waals surface area (Å²) < 4.78 is 0.350. The molecule has 1 heterocycles. The van der Waals surface area contributed by atoms with Crippen molar-refractivity contribution in [2.75, 3.05) is 39.3 Å². The molecule has 5 nitrogen and oxygen atoms in total. The highest BCUT2D eigenvalue weighted by Crippen LogP contribution is 2.56. The van der Waals surface area contributed by atoms with Crippen molar-refractivity contribution in [1.29, 1.82) is 0 Å². The molecule has 0 bridgehead atoms. The molecular weight excluding hydrogens is 639 g/mol. The van der Waals surface area contributed by atoms with Crippen LogP contribution < -0.4 is 0 Å². The van der Waals surface area contributed by atoms with Crippen LogP contribution in [0.2, 0.25) is 0 Å². The number of unbranched alkanes of at least 4 members (excludes halogenated alkanes) is 6. The number of hydrogen-bond acceptors (Lipinski definition) is 3. The van der Waals surface area contributed by atoms with Gasteiger partial charge in [-0.05, 0) is 123 Å². The Kier molecular flexibility index (Phi) is 13.5. The van der Waals surface area contributed by atoms with Crippen LogP contribution in [0, 0.1) is 0 Å². The Hall–Kier alpha value is -3.35. The number of nitrogens with zero attached hydrogens (tertiary/aromatic N) is 3. The molecule has 1 aromatic heterocycles. The van der Waals surface area contributed by atoms with Crippen molar-refractivity contribution in [2.45, 2.75) is 117 Å². The fourth-order valence-electron chi connectivity index (χ4n) is 8.73. The van der Waals surface area contributed by atoms with Crippen LogP contribution in [-0.4, -0.2) is 64.0 Å². The minimum absolute atomic E-state index is 0.0844. The lowest BCUT2D eigenvalue weighted by Gasteiger charge is -2.35. The molecule has 0 unspecified atom stereocenters. The first-order chi connectivity index (χ1) is 25.0. The second-order valence-electron chi connectivity index (χ2n) is 16.1. The molecule has 5 rings (SSSR count). The molecule has 0 atom stereocenters. The minimum atomic E-state index is -0.126. The van der Waals surface area contributed by atoms with Crippen LogP contribution in [-0.2, 0) is 10.8 Å². The van der Waals surface area contributed by atoms with Gasteiger partial charge in [0.25, 0.3) is 0 Å². The van der Waals surface area contributed by atoms with Crippen molar-refractivity contribution in [3.63, 3.8) is 0 Å². The average molecular weight is 706 g/mol. The maximum absolute atomic E-state index is 10.9. The standard InChI is InChI=1S/C47H67N3O2/c1-7-49(51,8-2)33-20-13-11-18-30-47(31-19-12-14-21-34-50(52,9-3)10-4)44-35-38(39-23-22-32-48-37-39)26-28-42(44)43-29-27-41(36-45(43)47)46(5,6)40-24-16-15-17-25-40/h15-17,22-29,32,35-37,51-52H,7-14,18-21,30-31,33-34H2,1-6H3/q+2. The van der Waals surface area contributed by atoms with Gasteiger partial charge in [0.15, 0.2) is 0 Å². The molecule has 5 heteroatoms. The Labute approximate surface area is 315 Å². The molecule has 52 heavy (non-hydrogen) atoms. The fourth-order valence-corrected chi connectivity index (χ4v) is 8.73. The summed E-state index contributed by atoms with van der Waals surface area (Å²) >= 11 is 0. The Balaban J connectivity index is 1.50. The van der Waals surface area contributed by atoms with Gasteiger partial charge < -0.3 is 0 Å². The smallest absolute Gasteiger partial charge is 0.109 e. The van der Waals surface area contributed by atoms with E-state index in [2.05, 4.69) is 119 Å². The summed E-state index contributed by atoms with van der Waals surface area (Å²) in [6, 6.07) is 29.7. The molecular formula is C47H67N3O2+2. The van der Waals surface area contributed by atoms with Crippen molar-refractivity contribution < 1.29 is 19.7 Å². The van der Waals surface area contributed by atoms with Crippen LogP contribution in [0.1, 0.15) is 128 Å². The first-order valence-corrected chi connectivity index (χ1v) is 20.5. The average Bonchev–Trinajstić information content (AvgIpc) is 3.46. The topological polar surface area (TPSA) is 53.4 Å². The predicted octanol–water partition coefficient (Wildman–Crippen LogP) is 11.7. The van der Waals surface area contributed by atoms with E-state index in [0.717, 1.165) is 96.2 Å². The van der Waals surface area contributed by atoms with Gasteiger partial charge in [0.05, 0.1) is 0 Å². The number of benzene rings is 3. The maximum Gasteiger partial charge on any atom is 0.109 e. The van der Waals surface area contributed by atoms with Crippen molar-refractivity contribution in [1.82, 2.24) is 4.98 Å². The highest BCUT2D eigenvalue weighted by molar-refractivity contribution is 5.84. The van der Waals surface area contributed by atoms with E-state index in [1.807, 2.05) is 18.5 Å². The molecule has 1 aliphatic carbocycles. The number of aromatic nitrogens is 1. The van der Waals surface area contributed by atoms with Crippen LogP contribution in [0.3, 0.4) is 0 Å². The zero-order valence-corrected chi connectivity index (χ0v) is 33.2. The third-order valence-electron chi connectivity index (χ3n) is 12.8. The van der Waals surface area contributed by atoms with Gasteiger partial charge in [-0.3, -0.25) is 4.98 Å². The van der Waals surface area contributed by atoms with Gasteiger partial charge in [0.2, 0.25) is 0 Å². The monoisotopic (exact) mass is 706 g/mol. The molecule has 0 saturated carbocycles. The van der Waals surface area contributed by atoms with Crippen LogP contribution in [0.5, 0.6) is 0 Å². The number of quaternary nitrogens is 2. The lowest BCUT2D eigenvalue weighted by Crippen LogP contribution is -2.44. The zero-order chi connectivity index (χ0) is 37.2. The Morgan fingerprint density at radius 2 is 1.10 bits per heavy atom. The van der Waals surface area contributed by atoms with Crippen LogP contribution >= 0.6 is 0 Å². The highest BCUT2D eigenvalue weighted by atomic mass is 16.5. The third-order valence-corrected chi connectivity index (χ3v) is 12.8. The SMILES string of the molecule is CC[N+](O)(CC)CCCCCCC1(CCCCCC[N+](O)(CC)CC)c2cc(-c3cccnc3)ccc2-c2ccc(C(C)(C)c3ccccc3)cc21. The van der Waals surface area contributed by atoms with Gasteiger partial charge in [-0.1, -0.05) is 106 Å². The number of pyridine rings is 1. The van der Waals surface area contributed by atoms with E-state index in [-0.39, 0.29) is 20.1 Å². The summed E-state index contributed by atoms with van der Waals surface area (Å²) in [5.41, 5.74) is 10.6. The second-order valence-corrected chi connectivity index (χ2v) is 16.1. The van der Waals surface area contributed by atoms with Gasteiger partial charge in [-0.15, -0.1) is 0 Å². The van der Waals surface area contributed by atoms with Crippen LogP contribution in [0.4, 0.5) is 0 Å². The van der Waals surface area contributed by atoms with Gasteiger partial charge in [0.1, 0.15) is 39.3 Å². The van der Waals surface area contributed by atoms with E-state index < -0.39 is 0 Å². The van der Waals surface area contributed by atoms with Gasteiger partial charge in [-0.25, -0.2) is 10.4 Å². The molecule has 0 amide bonds. The molecule has 0 saturated heterocycles. The first-order valence-electron chi connectivity index (χ1n) is 20.5. The summed E-state index contributed by atoms with van der Waals surface area (Å²) in [4.78, 5) is 4.47. The first kappa shape index (κ1) is 39.8. The Bertz CT molecular complexity index is 1660. The quantitative estimate of drug-likeness (QED) is 0.0515. The third kappa shape index (κ3) is 8.88. The van der Waals surface area contributed by atoms with Crippen molar-refractivity contribution >= 4 is 0 Å². The summed E-state index contributed by atoms with van der Waals surface area (Å²) in [6.07, 6.45) is 15.1. The molecule has 0 radical (unpaired) electrons. The Morgan fingerprint density at radius 1 is 0.558 bits per heavy atom. The van der Waals surface area contributed by atoms with E-state index in [0.29, 0.717) is 0 Å². The fraction of sp³-hybridized carbons (Fsp3) is 0.511. The second kappa shape index (κ2) is 17.6. The normalized spacial score (nSPS) is 14.0. The number of rotatable bonds is 21. The predicted molar refractivity (Wildman–Crippen MR) is 217 cm³/mol. The largest absolute Gasteiger partial charge is 0.264 e. The summed E-state index contributed by atoms with van der Waals surface area (Å²) in [5.74, 6) is 0. The van der Waals surface area contributed by atoms with E-state index in [9.17, 15) is 10.4 Å². The summed E-state index contributed by atoms with van der Waals surface area (Å²) in [5, 5.41) is 21.7. The zero-order valence-electron chi connectivity index (χ0n) is 33.2. The van der Waals surface area contributed by atoms with E-state index in [4.69, 9.17) is 0 Å². The van der Waals surface area contributed by atoms with Crippen LogP contribution in [0.15, 0.2) is 91.3 Å². The van der Waals surface area contributed by atoms with E-state index >= 15 is 0 Å².